The number of halogens is 1. The van der Waals surface area contributed by atoms with E-state index in [1.165, 1.54) is 11.3 Å². The number of nitriles is 1. The van der Waals surface area contributed by atoms with Crippen molar-refractivity contribution in [3.8, 4) is 23.1 Å². The molecule has 3 aromatic rings. The maximum atomic E-state index is 11.6. The van der Waals surface area contributed by atoms with Crippen molar-refractivity contribution in [3.05, 3.63) is 63.5 Å². The summed E-state index contributed by atoms with van der Waals surface area (Å²) in [6, 6.07) is 13.7. The molecule has 0 bridgehead atoms. The fraction of sp³-hybridized carbons (Fsp3) is 0.393. The molecule has 0 atom stereocenters. The third kappa shape index (κ3) is 6.68. The van der Waals surface area contributed by atoms with Crippen LogP contribution in [-0.2, 0) is 29.1 Å². The zero-order chi connectivity index (χ0) is 27.4. The monoisotopic (exact) mass is 584 g/mol. The van der Waals surface area contributed by atoms with Crippen LogP contribution in [0.5, 0.6) is 5.75 Å². The average molecular weight is 585 g/mol. The van der Waals surface area contributed by atoms with Gasteiger partial charge in [-0.25, -0.2) is 4.98 Å². The quantitative estimate of drug-likeness (QED) is 0.376. The summed E-state index contributed by atoms with van der Waals surface area (Å²) in [6.45, 7) is 3.82. The Kier molecular flexibility index (Phi) is 8.95. The summed E-state index contributed by atoms with van der Waals surface area (Å²) in [5.41, 5.74) is 3.88. The number of thiazole rings is 1. The van der Waals surface area contributed by atoms with Crippen LogP contribution in [0.2, 0.25) is 5.02 Å². The molecule has 2 fully saturated rings. The normalized spacial score (nSPS) is 17.2. The lowest BCUT2D eigenvalue weighted by atomic mass is 9.97. The number of carboxylic acid groups (broad SMARTS) is 1. The lowest BCUT2D eigenvalue weighted by Gasteiger charge is -2.29. The van der Waals surface area contributed by atoms with Gasteiger partial charge >= 0.3 is 5.97 Å². The highest BCUT2D eigenvalue weighted by molar-refractivity contribution is 7.91. The van der Waals surface area contributed by atoms with Gasteiger partial charge in [0.2, 0.25) is 0 Å². The molecule has 0 unspecified atom stereocenters. The zero-order valence-corrected chi connectivity index (χ0v) is 23.7. The summed E-state index contributed by atoms with van der Waals surface area (Å²) < 4.78 is 17.8. The van der Waals surface area contributed by atoms with E-state index < -0.39 is 17.1 Å². The summed E-state index contributed by atoms with van der Waals surface area (Å²) in [5.74, 6) is 0.875. The molecule has 2 aliphatic rings. The van der Waals surface area contributed by atoms with Crippen molar-refractivity contribution in [3.63, 3.8) is 0 Å². The van der Waals surface area contributed by atoms with Crippen molar-refractivity contribution < 1.29 is 19.2 Å². The molecule has 2 saturated heterocycles. The predicted octanol–water partition coefficient (Wildman–Crippen LogP) is 4.78. The van der Waals surface area contributed by atoms with Crippen LogP contribution in [-0.4, -0.2) is 63.2 Å². The van der Waals surface area contributed by atoms with Crippen molar-refractivity contribution in [1.29, 1.82) is 5.26 Å². The number of aliphatic carboxylic acids is 1. The molecule has 0 spiro atoms. The molecule has 3 heterocycles. The topological polar surface area (TPSA) is 113 Å². The first-order chi connectivity index (χ1) is 18.9. The summed E-state index contributed by atoms with van der Waals surface area (Å²) in [6.07, 6.45) is 1.21. The molecule has 8 nitrogen and oxygen atoms in total. The molecular weight excluding hydrogens is 556 g/mol. The van der Waals surface area contributed by atoms with E-state index >= 15 is 0 Å². The number of carboxylic acids is 1. The second-order valence-electron chi connectivity index (χ2n) is 9.75. The van der Waals surface area contributed by atoms with E-state index in [1.54, 1.807) is 6.07 Å². The first-order valence-electron chi connectivity index (χ1n) is 12.9. The van der Waals surface area contributed by atoms with Gasteiger partial charge in [0.1, 0.15) is 23.9 Å². The fourth-order valence-corrected chi connectivity index (χ4v) is 7.14. The van der Waals surface area contributed by atoms with E-state index in [4.69, 9.17) is 21.3 Å². The molecule has 0 saturated carbocycles. The Bertz CT molecular complexity index is 1360. The SMILES string of the molecule is N#Cc1cc(CN2CC[S+]([O-])CC2)ccc1COc1c(Cl)cccc1-c1csc(N2CCC(C(=O)O)CC2)n1. The van der Waals surface area contributed by atoms with Gasteiger partial charge in [0.25, 0.3) is 0 Å². The summed E-state index contributed by atoms with van der Waals surface area (Å²) in [7, 11) is 0. The van der Waals surface area contributed by atoms with Crippen LogP contribution in [0.1, 0.15) is 29.5 Å². The second-order valence-corrected chi connectivity index (χ2v) is 12.7. The Balaban J connectivity index is 1.28. The highest BCUT2D eigenvalue weighted by Gasteiger charge is 2.26. The van der Waals surface area contributed by atoms with E-state index in [0.29, 0.717) is 53.8 Å². The van der Waals surface area contributed by atoms with Gasteiger partial charge in [-0.3, -0.25) is 9.69 Å². The highest BCUT2D eigenvalue weighted by atomic mass is 35.5. The number of piperidine rings is 1. The Labute approximate surface area is 240 Å². The van der Waals surface area contributed by atoms with Crippen molar-refractivity contribution in [2.45, 2.75) is 26.0 Å². The maximum Gasteiger partial charge on any atom is 0.306 e. The summed E-state index contributed by atoms with van der Waals surface area (Å²) in [5, 5.41) is 22.4. The van der Waals surface area contributed by atoms with Crippen molar-refractivity contribution in [2.24, 2.45) is 5.92 Å². The minimum Gasteiger partial charge on any atom is -0.616 e. The number of hydrogen-bond donors (Lipinski definition) is 1. The van der Waals surface area contributed by atoms with Gasteiger partial charge in [-0.15, -0.1) is 11.3 Å². The molecule has 0 aliphatic carbocycles. The van der Waals surface area contributed by atoms with Crippen LogP contribution in [0.3, 0.4) is 0 Å². The van der Waals surface area contributed by atoms with Gasteiger partial charge in [0.05, 0.1) is 28.3 Å². The van der Waals surface area contributed by atoms with E-state index in [2.05, 4.69) is 15.9 Å². The number of anilines is 1. The van der Waals surface area contributed by atoms with Gasteiger partial charge in [-0.2, -0.15) is 5.26 Å². The number of aromatic nitrogens is 1. The molecule has 0 radical (unpaired) electrons. The number of carbonyl (C=O) groups is 1. The van der Waals surface area contributed by atoms with E-state index in [0.717, 1.165) is 47.2 Å². The molecule has 2 aromatic carbocycles. The largest absolute Gasteiger partial charge is 0.616 e. The van der Waals surface area contributed by atoms with Gasteiger partial charge in [0, 0.05) is 49.2 Å². The highest BCUT2D eigenvalue weighted by Crippen LogP contribution is 2.39. The molecular formula is C28H29ClN4O4S2. The van der Waals surface area contributed by atoms with E-state index in [9.17, 15) is 19.7 Å². The molecule has 5 rings (SSSR count). The smallest absolute Gasteiger partial charge is 0.306 e. The third-order valence-electron chi connectivity index (χ3n) is 7.19. The Hall–Kier alpha value is -2.81. The lowest BCUT2D eigenvalue weighted by molar-refractivity contribution is -0.142. The number of rotatable bonds is 8. The average Bonchev–Trinajstić information content (AvgIpc) is 3.44. The van der Waals surface area contributed by atoms with Crippen LogP contribution in [0.4, 0.5) is 5.13 Å². The summed E-state index contributed by atoms with van der Waals surface area (Å²) in [4.78, 5) is 20.5. The zero-order valence-electron chi connectivity index (χ0n) is 21.3. The van der Waals surface area contributed by atoms with Crippen molar-refractivity contribution >= 4 is 45.2 Å². The van der Waals surface area contributed by atoms with Crippen LogP contribution >= 0.6 is 22.9 Å². The van der Waals surface area contributed by atoms with Crippen LogP contribution in [0, 0.1) is 17.2 Å². The van der Waals surface area contributed by atoms with Crippen LogP contribution < -0.4 is 9.64 Å². The van der Waals surface area contributed by atoms with Gasteiger partial charge < -0.3 is 19.3 Å². The number of para-hydroxylation sites is 1. The van der Waals surface area contributed by atoms with Gasteiger partial charge in [-0.1, -0.05) is 41.0 Å². The molecule has 39 heavy (non-hydrogen) atoms. The second kappa shape index (κ2) is 12.6. The van der Waals surface area contributed by atoms with Gasteiger partial charge in [-0.05, 0) is 36.6 Å². The molecule has 11 heteroatoms. The molecule has 2 aliphatic heterocycles. The Morgan fingerprint density at radius 1 is 1.23 bits per heavy atom. The lowest BCUT2D eigenvalue weighted by Crippen LogP contribution is -2.39. The Morgan fingerprint density at radius 2 is 2.00 bits per heavy atom. The minimum absolute atomic E-state index is 0.183. The predicted molar refractivity (Wildman–Crippen MR) is 154 cm³/mol. The number of ether oxygens (including phenoxy) is 1. The molecule has 0 amide bonds. The molecule has 204 valence electrons. The summed E-state index contributed by atoms with van der Waals surface area (Å²) >= 11 is 7.36. The first kappa shape index (κ1) is 27.7. The van der Waals surface area contributed by atoms with Crippen molar-refractivity contribution in [1.82, 2.24) is 9.88 Å². The van der Waals surface area contributed by atoms with Gasteiger partial charge in [0.15, 0.2) is 5.13 Å². The third-order valence-corrected chi connectivity index (χ3v) is 9.67. The molecule has 1 aromatic heterocycles. The maximum absolute atomic E-state index is 11.6. The van der Waals surface area contributed by atoms with Crippen LogP contribution in [0.15, 0.2) is 41.8 Å². The number of hydrogen-bond acceptors (Lipinski definition) is 8. The van der Waals surface area contributed by atoms with E-state index in [-0.39, 0.29) is 12.5 Å². The van der Waals surface area contributed by atoms with Crippen molar-refractivity contribution in [2.75, 3.05) is 42.6 Å². The fourth-order valence-electron chi connectivity index (χ4n) is 4.90. The molecule has 1 N–H and O–H groups in total. The standard InChI is InChI=1S/C28H29ClN4O4S2/c29-24-3-1-2-23(25-18-38-28(31-25)33-8-6-20(7-9-33)27(34)35)26(24)37-17-21-5-4-19(14-22(21)15-30)16-32-10-12-39(36)13-11-32/h1-5,14,18,20H,6-13,16-17H2,(H,34,35). The number of nitrogens with zero attached hydrogens (tertiary/aromatic N) is 4. The first-order valence-corrected chi connectivity index (χ1v) is 15.6. The minimum atomic E-state index is -0.731. The number of benzene rings is 2. The van der Waals surface area contributed by atoms with E-state index in [1.807, 2.05) is 35.7 Å². The van der Waals surface area contributed by atoms with Crippen LogP contribution in [0.25, 0.3) is 11.3 Å². The Morgan fingerprint density at radius 3 is 2.72 bits per heavy atom.